The Kier molecular flexibility index (Phi) is 3.88. The van der Waals surface area contributed by atoms with Gasteiger partial charge in [0.2, 0.25) is 0 Å². The zero-order valence-corrected chi connectivity index (χ0v) is 9.62. The van der Waals surface area contributed by atoms with Gasteiger partial charge in [-0.2, -0.15) is 0 Å². The molecule has 88 valence electrons. The average Bonchev–Trinajstić information content (AvgIpc) is 2.16. The minimum absolute atomic E-state index is 0.0773. The van der Waals surface area contributed by atoms with Gasteiger partial charge in [-0.25, -0.2) is 4.39 Å². The highest BCUT2D eigenvalue weighted by Gasteiger charge is 2.19. The normalized spacial score (nSPS) is 12.6. The molecule has 1 aromatic carbocycles. The predicted octanol–water partition coefficient (Wildman–Crippen LogP) is 2.31. The number of phenolic OH excluding ortho intramolecular Hbond substituents is 1. The van der Waals surface area contributed by atoms with E-state index in [0.717, 1.165) is 6.07 Å². The first-order valence-corrected chi connectivity index (χ1v) is 5.21. The molecular formula is C12H16FNO2. The number of aromatic hydroxyl groups is 1. The number of phenols is 1. The van der Waals surface area contributed by atoms with Crippen molar-refractivity contribution < 1.29 is 14.3 Å². The standard InChI is InChI=1S/C12H16FNO2/c1-7(2)8(3)14-12(16)11-9(13)5-4-6-10(11)15/h4-8,15H,1-3H3,(H,14,16). The van der Waals surface area contributed by atoms with Crippen LogP contribution in [0.3, 0.4) is 0 Å². The van der Waals surface area contributed by atoms with Crippen molar-refractivity contribution in [2.24, 2.45) is 5.92 Å². The Bertz CT molecular complexity index is 370. The second-order valence-electron chi connectivity index (χ2n) is 4.14. The van der Waals surface area contributed by atoms with Crippen LogP contribution in [-0.2, 0) is 0 Å². The minimum Gasteiger partial charge on any atom is -0.507 e. The van der Waals surface area contributed by atoms with Crippen LogP contribution in [-0.4, -0.2) is 17.1 Å². The van der Waals surface area contributed by atoms with Crippen LogP contribution < -0.4 is 5.32 Å². The predicted molar refractivity (Wildman–Crippen MR) is 59.8 cm³/mol. The van der Waals surface area contributed by atoms with E-state index in [1.165, 1.54) is 12.1 Å². The third kappa shape index (κ3) is 2.72. The molecule has 1 unspecified atom stereocenters. The number of hydrogen-bond acceptors (Lipinski definition) is 2. The highest BCUT2D eigenvalue weighted by atomic mass is 19.1. The van der Waals surface area contributed by atoms with Crippen LogP contribution >= 0.6 is 0 Å². The molecule has 0 aromatic heterocycles. The van der Waals surface area contributed by atoms with Crippen LogP contribution in [0.5, 0.6) is 5.75 Å². The van der Waals surface area contributed by atoms with Gasteiger partial charge >= 0.3 is 0 Å². The molecule has 0 saturated carbocycles. The van der Waals surface area contributed by atoms with Gasteiger partial charge in [-0.05, 0) is 25.0 Å². The summed E-state index contributed by atoms with van der Waals surface area (Å²) in [4.78, 5) is 11.7. The van der Waals surface area contributed by atoms with Crippen molar-refractivity contribution in [2.45, 2.75) is 26.8 Å². The average molecular weight is 225 g/mol. The van der Waals surface area contributed by atoms with Crippen molar-refractivity contribution in [3.05, 3.63) is 29.6 Å². The maximum absolute atomic E-state index is 13.3. The number of nitrogens with one attached hydrogen (secondary N) is 1. The molecule has 1 atom stereocenters. The van der Waals surface area contributed by atoms with Crippen molar-refractivity contribution in [3.8, 4) is 5.75 Å². The summed E-state index contributed by atoms with van der Waals surface area (Å²) < 4.78 is 13.3. The highest BCUT2D eigenvalue weighted by molar-refractivity contribution is 5.97. The van der Waals surface area contributed by atoms with E-state index in [0.29, 0.717) is 0 Å². The lowest BCUT2D eigenvalue weighted by atomic mass is 10.1. The fourth-order valence-electron chi connectivity index (χ4n) is 1.18. The molecule has 0 saturated heterocycles. The van der Waals surface area contributed by atoms with Gasteiger partial charge in [0.1, 0.15) is 17.1 Å². The fourth-order valence-corrected chi connectivity index (χ4v) is 1.18. The van der Waals surface area contributed by atoms with E-state index in [-0.39, 0.29) is 23.3 Å². The fraction of sp³-hybridized carbons (Fsp3) is 0.417. The molecule has 0 aliphatic rings. The van der Waals surface area contributed by atoms with Gasteiger partial charge in [0.05, 0.1) is 0 Å². The van der Waals surface area contributed by atoms with Gasteiger partial charge in [0.25, 0.3) is 5.91 Å². The SMILES string of the molecule is CC(C)C(C)NC(=O)c1c(O)cccc1F. The van der Waals surface area contributed by atoms with E-state index < -0.39 is 11.7 Å². The first-order valence-electron chi connectivity index (χ1n) is 5.21. The Hall–Kier alpha value is -1.58. The van der Waals surface area contributed by atoms with Crippen molar-refractivity contribution in [2.75, 3.05) is 0 Å². The van der Waals surface area contributed by atoms with E-state index in [1.807, 2.05) is 20.8 Å². The Morgan fingerprint density at radius 1 is 1.38 bits per heavy atom. The van der Waals surface area contributed by atoms with Crippen LogP contribution in [0.2, 0.25) is 0 Å². The molecule has 1 aromatic rings. The van der Waals surface area contributed by atoms with E-state index in [2.05, 4.69) is 5.32 Å². The topological polar surface area (TPSA) is 49.3 Å². The minimum atomic E-state index is -0.714. The summed E-state index contributed by atoms with van der Waals surface area (Å²) in [7, 11) is 0. The second-order valence-corrected chi connectivity index (χ2v) is 4.14. The smallest absolute Gasteiger partial charge is 0.258 e. The summed E-state index contributed by atoms with van der Waals surface area (Å²) >= 11 is 0. The third-order valence-corrected chi connectivity index (χ3v) is 2.58. The van der Waals surface area contributed by atoms with Gasteiger partial charge in [0, 0.05) is 6.04 Å². The lowest BCUT2D eigenvalue weighted by Crippen LogP contribution is -2.36. The van der Waals surface area contributed by atoms with Gasteiger partial charge in [0.15, 0.2) is 0 Å². The summed E-state index contributed by atoms with van der Waals surface area (Å²) in [5, 5.41) is 12.1. The number of halogens is 1. The number of hydrogen-bond donors (Lipinski definition) is 2. The first-order chi connectivity index (χ1) is 7.43. The van der Waals surface area contributed by atoms with Gasteiger partial charge in [-0.1, -0.05) is 19.9 Å². The molecule has 0 aliphatic heterocycles. The van der Waals surface area contributed by atoms with Crippen molar-refractivity contribution >= 4 is 5.91 Å². The molecule has 0 spiro atoms. The number of carbonyl (C=O) groups excluding carboxylic acids is 1. The maximum atomic E-state index is 13.3. The van der Waals surface area contributed by atoms with Gasteiger partial charge in [-0.3, -0.25) is 4.79 Å². The van der Waals surface area contributed by atoms with Crippen LogP contribution in [0.1, 0.15) is 31.1 Å². The molecule has 2 N–H and O–H groups in total. The van der Waals surface area contributed by atoms with Crippen LogP contribution in [0.4, 0.5) is 4.39 Å². The molecule has 3 nitrogen and oxygen atoms in total. The molecule has 16 heavy (non-hydrogen) atoms. The van der Waals surface area contributed by atoms with Crippen LogP contribution in [0.15, 0.2) is 18.2 Å². The summed E-state index contributed by atoms with van der Waals surface area (Å²) in [6.45, 7) is 5.73. The van der Waals surface area contributed by atoms with E-state index in [4.69, 9.17) is 0 Å². The second kappa shape index (κ2) is 4.96. The molecule has 1 amide bonds. The molecule has 4 heteroatoms. The molecular weight excluding hydrogens is 209 g/mol. The van der Waals surface area contributed by atoms with Crippen LogP contribution in [0, 0.1) is 11.7 Å². The third-order valence-electron chi connectivity index (χ3n) is 2.58. The van der Waals surface area contributed by atoms with Crippen LogP contribution in [0.25, 0.3) is 0 Å². The van der Waals surface area contributed by atoms with E-state index in [1.54, 1.807) is 0 Å². The Morgan fingerprint density at radius 3 is 2.50 bits per heavy atom. The summed E-state index contributed by atoms with van der Waals surface area (Å²) in [6, 6.07) is 3.71. The highest BCUT2D eigenvalue weighted by Crippen LogP contribution is 2.19. The molecule has 1 rings (SSSR count). The van der Waals surface area contributed by atoms with Gasteiger partial charge < -0.3 is 10.4 Å². The Morgan fingerprint density at radius 2 is 2.00 bits per heavy atom. The molecule has 0 fully saturated rings. The Labute approximate surface area is 94.3 Å². The zero-order valence-electron chi connectivity index (χ0n) is 9.62. The summed E-state index contributed by atoms with van der Waals surface area (Å²) in [6.07, 6.45) is 0. The van der Waals surface area contributed by atoms with E-state index in [9.17, 15) is 14.3 Å². The van der Waals surface area contributed by atoms with Crippen molar-refractivity contribution in [1.29, 1.82) is 0 Å². The monoisotopic (exact) mass is 225 g/mol. The largest absolute Gasteiger partial charge is 0.507 e. The van der Waals surface area contributed by atoms with Gasteiger partial charge in [-0.15, -0.1) is 0 Å². The summed E-state index contributed by atoms with van der Waals surface area (Å²) in [5.41, 5.74) is -0.296. The number of amides is 1. The molecule has 0 bridgehead atoms. The molecule has 0 radical (unpaired) electrons. The lowest BCUT2D eigenvalue weighted by Gasteiger charge is -2.17. The Balaban J connectivity index is 2.89. The number of benzene rings is 1. The number of rotatable bonds is 3. The molecule has 0 aliphatic carbocycles. The van der Waals surface area contributed by atoms with Crippen molar-refractivity contribution in [3.63, 3.8) is 0 Å². The first kappa shape index (κ1) is 12.5. The van der Waals surface area contributed by atoms with Crippen molar-refractivity contribution in [1.82, 2.24) is 5.32 Å². The maximum Gasteiger partial charge on any atom is 0.258 e. The quantitative estimate of drug-likeness (QED) is 0.829. The summed E-state index contributed by atoms with van der Waals surface area (Å²) in [5.74, 6) is -1.39. The van der Waals surface area contributed by atoms with E-state index >= 15 is 0 Å². The number of carbonyl (C=O) groups is 1. The lowest BCUT2D eigenvalue weighted by molar-refractivity contribution is 0.0923. The zero-order chi connectivity index (χ0) is 12.3. The molecule has 0 heterocycles.